The molecule has 1 aliphatic heterocycles. The van der Waals surface area contributed by atoms with E-state index in [4.69, 9.17) is 26.8 Å². The molecule has 8 heteroatoms. The molecule has 1 saturated carbocycles. The summed E-state index contributed by atoms with van der Waals surface area (Å²) in [5, 5.41) is 20.7. The highest BCUT2D eigenvalue weighted by Gasteiger charge is 2.39. The van der Waals surface area contributed by atoms with Gasteiger partial charge in [0.25, 0.3) is 0 Å². The molecule has 2 fully saturated rings. The third kappa shape index (κ3) is 7.53. The van der Waals surface area contributed by atoms with E-state index in [1.165, 1.54) is 12.7 Å². The SMILES string of the molecule is CCc1cccc(Oc2c(Cl)cccc2C(CCC[C@@H](O)OC)[C@H]2CCCN(C(=O)[C@H]3C[C@@H](N)[C@@H](O)C3)C2)c1. The fourth-order valence-electron chi connectivity index (χ4n) is 6.19. The van der Waals surface area contributed by atoms with Gasteiger partial charge in [0.1, 0.15) is 11.5 Å². The van der Waals surface area contributed by atoms with Crippen LogP contribution in [0.1, 0.15) is 68.9 Å². The molecule has 1 unspecified atom stereocenters. The Morgan fingerprint density at radius 2 is 2.00 bits per heavy atom. The van der Waals surface area contributed by atoms with Crippen LogP contribution in [0.4, 0.5) is 0 Å². The quantitative estimate of drug-likeness (QED) is 0.325. The van der Waals surface area contributed by atoms with Crippen molar-refractivity contribution < 1.29 is 24.5 Å². The Labute approximate surface area is 237 Å². The number of carbonyl (C=O) groups excluding carboxylic acids is 1. The van der Waals surface area contributed by atoms with Gasteiger partial charge in [-0.25, -0.2) is 0 Å². The van der Waals surface area contributed by atoms with E-state index in [1.54, 1.807) is 0 Å². The van der Waals surface area contributed by atoms with E-state index in [0.717, 1.165) is 50.0 Å². The minimum Gasteiger partial charge on any atom is -0.455 e. The number of nitrogens with zero attached hydrogens (tertiary/aromatic N) is 1. The maximum atomic E-state index is 13.4. The fraction of sp³-hybridized carbons (Fsp3) is 0.581. The van der Waals surface area contributed by atoms with Gasteiger partial charge >= 0.3 is 0 Å². The molecule has 214 valence electrons. The summed E-state index contributed by atoms with van der Waals surface area (Å²) < 4.78 is 11.5. The summed E-state index contributed by atoms with van der Waals surface area (Å²) in [6.45, 7) is 3.46. The Kier molecular flexibility index (Phi) is 10.7. The van der Waals surface area contributed by atoms with Gasteiger partial charge in [-0.1, -0.05) is 42.8 Å². The number of para-hydroxylation sites is 1. The molecule has 1 saturated heterocycles. The minimum absolute atomic E-state index is 0.0733. The summed E-state index contributed by atoms with van der Waals surface area (Å²) in [7, 11) is 1.51. The van der Waals surface area contributed by atoms with E-state index in [1.807, 2.05) is 35.2 Å². The van der Waals surface area contributed by atoms with E-state index < -0.39 is 12.4 Å². The summed E-state index contributed by atoms with van der Waals surface area (Å²) >= 11 is 6.75. The Balaban J connectivity index is 1.60. The highest BCUT2D eigenvalue weighted by Crippen LogP contribution is 2.44. The Hall–Kier alpha value is -2.16. The number of carbonyl (C=O) groups is 1. The maximum absolute atomic E-state index is 13.4. The zero-order chi connectivity index (χ0) is 27.9. The second-order valence-corrected chi connectivity index (χ2v) is 11.5. The van der Waals surface area contributed by atoms with Crippen LogP contribution in [0.3, 0.4) is 0 Å². The largest absolute Gasteiger partial charge is 0.455 e. The summed E-state index contributed by atoms with van der Waals surface area (Å²) in [5.41, 5.74) is 8.22. The first kappa shape index (κ1) is 29.8. The van der Waals surface area contributed by atoms with Crippen LogP contribution in [-0.2, 0) is 16.0 Å². The van der Waals surface area contributed by atoms with Crippen molar-refractivity contribution in [2.45, 2.75) is 82.6 Å². The molecule has 4 rings (SSSR count). The van der Waals surface area contributed by atoms with Crippen molar-refractivity contribution in [3.8, 4) is 11.5 Å². The number of methoxy groups -OCH3 is 1. The van der Waals surface area contributed by atoms with Crippen molar-refractivity contribution in [2.24, 2.45) is 17.6 Å². The third-order valence-corrected chi connectivity index (χ3v) is 8.72. The number of halogens is 1. The lowest BCUT2D eigenvalue weighted by Gasteiger charge is -2.39. The molecule has 4 N–H and O–H groups in total. The zero-order valence-electron chi connectivity index (χ0n) is 23.1. The molecule has 2 aromatic carbocycles. The molecule has 2 aliphatic rings. The smallest absolute Gasteiger partial charge is 0.225 e. The number of likely N-dealkylation sites (tertiary alicyclic amines) is 1. The van der Waals surface area contributed by atoms with E-state index in [9.17, 15) is 15.0 Å². The van der Waals surface area contributed by atoms with Crippen LogP contribution in [0.5, 0.6) is 11.5 Å². The topological polar surface area (TPSA) is 105 Å². The molecule has 0 bridgehead atoms. The monoisotopic (exact) mass is 558 g/mol. The number of hydrogen-bond donors (Lipinski definition) is 3. The predicted octanol–water partition coefficient (Wildman–Crippen LogP) is 5.25. The normalized spacial score (nSPS) is 24.9. The fourth-order valence-corrected chi connectivity index (χ4v) is 6.41. The van der Waals surface area contributed by atoms with Gasteiger partial charge in [0, 0.05) is 32.2 Å². The molecule has 1 aliphatic carbocycles. The third-order valence-electron chi connectivity index (χ3n) is 8.43. The van der Waals surface area contributed by atoms with Crippen molar-refractivity contribution in [3.05, 3.63) is 58.6 Å². The average molecular weight is 559 g/mol. The highest BCUT2D eigenvalue weighted by atomic mass is 35.5. The standard InChI is InChI=1S/C31H43ClN2O5/c1-3-20-8-4-10-23(16-20)39-30-25(12-5-13-26(30)32)24(11-6-14-29(36)38-2)21-9-7-15-34(19-21)31(37)22-17-27(33)28(35)18-22/h4-5,8,10,12-13,16,21-22,24,27-29,35-36H,3,6-7,9,11,14-15,17-19,33H2,1-2H3/t21-,22-,24?,27+,28-,29-/m0/s1. The van der Waals surface area contributed by atoms with E-state index in [-0.39, 0.29) is 29.7 Å². The predicted molar refractivity (Wildman–Crippen MR) is 153 cm³/mol. The van der Waals surface area contributed by atoms with Crippen LogP contribution in [-0.4, -0.2) is 59.7 Å². The van der Waals surface area contributed by atoms with Crippen molar-refractivity contribution in [3.63, 3.8) is 0 Å². The summed E-state index contributed by atoms with van der Waals surface area (Å²) in [4.78, 5) is 15.4. The first-order chi connectivity index (χ1) is 18.8. The Morgan fingerprint density at radius 3 is 2.72 bits per heavy atom. The number of aliphatic hydroxyl groups is 2. The van der Waals surface area contributed by atoms with Gasteiger partial charge in [-0.2, -0.15) is 0 Å². The molecule has 2 aromatic rings. The van der Waals surface area contributed by atoms with Crippen molar-refractivity contribution in [1.82, 2.24) is 4.90 Å². The van der Waals surface area contributed by atoms with E-state index in [2.05, 4.69) is 19.1 Å². The van der Waals surface area contributed by atoms with Gasteiger partial charge in [-0.05, 0) is 92.5 Å². The van der Waals surface area contributed by atoms with Crippen LogP contribution >= 0.6 is 11.6 Å². The van der Waals surface area contributed by atoms with Crippen molar-refractivity contribution >= 4 is 17.5 Å². The lowest BCUT2D eigenvalue weighted by molar-refractivity contribution is -0.137. The number of piperidine rings is 1. The zero-order valence-corrected chi connectivity index (χ0v) is 23.9. The first-order valence-electron chi connectivity index (χ1n) is 14.3. The molecule has 0 aromatic heterocycles. The molecule has 6 atom stereocenters. The van der Waals surface area contributed by atoms with Gasteiger partial charge in [0.15, 0.2) is 6.29 Å². The number of nitrogens with two attached hydrogens (primary N) is 1. The summed E-state index contributed by atoms with van der Waals surface area (Å²) in [5.74, 6) is 1.54. The van der Waals surface area contributed by atoms with Gasteiger partial charge in [-0.3, -0.25) is 4.79 Å². The van der Waals surface area contributed by atoms with Crippen molar-refractivity contribution in [2.75, 3.05) is 20.2 Å². The van der Waals surface area contributed by atoms with Crippen molar-refractivity contribution in [1.29, 1.82) is 0 Å². The highest BCUT2D eigenvalue weighted by molar-refractivity contribution is 6.32. The van der Waals surface area contributed by atoms with Gasteiger partial charge in [0.05, 0.1) is 11.1 Å². The minimum atomic E-state index is -0.806. The number of ether oxygens (including phenoxy) is 2. The van der Waals surface area contributed by atoms with Gasteiger partial charge in [0.2, 0.25) is 5.91 Å². The number of aliphatic hydroxyl groups excluding tert-OH is 2. The number of rotatable bonds is 11. The van der Waals surface area contributed by atoms with E-state index >= 15 is 0 Å². The molecule has 7 nitrogen and oxygen atoms in total. The molecular weight excluding hydrogens is 516 g/mol. The molecule has 0 radical (unpaired) electrons. The van der Waals surface area contributed by atoms with Crippen LogP contribution in [0, 0.1) is 11.8 Å². The van der Waals surface area contributed by atoms with Gasteiger partial charge in [-0.15, -0.1) is 0 Å². The van der Waals surface area contributed by atoms with E-state index in [0.29, 0.717) is 36.6 Å². The molecule has 1 amide bonds. The molecular formula is C31H43ClN2O5. The number of aryl methyl sites for hydroxylation is 1. The van der Waals surface area contributed by atoms with Crippen LogP contribution in [0.2, 0.25) is 5.02 Å². The Morgan fingerprint density at radius 1 is 1.21 bits per heavy atom. The van der Waals surface area contributed by atoms with Gasteiger partial charge < -0.3 is 30.3 Å². The van der Waals surface area contributed by atoms with Crippen LogP contribution in [0.15, 0.2) is 42.5 Å². The maximum Gasteiger partial charge on any atom is 0.225 e. The number of amides is 1. The first-order valence-corrected chi connectivity index (χ1v) is 14.7. The Bertz CT molecular complexity index is 1090. The second-order valence-electron chi connectivity index (χ2n) is 11.1. The molecule has 39 heavy (non-hydrogen) atoms. The summed E-state index contributed by atoms with van der Waals surface area (Å²) in [6, 6.07) is 13.6. The number of benzene rings is 2. The number of hydrogen-bond acceptors (Lipinski definition) is 6. The molecule has 0 spiro atoms. The summed E-state index contributed by atoms with van der Waals surface area (Å²) in [6.07, 6.45) is 4.41. The lowest BCUT2D eigenvalue weighted by Crippen LogP contribution is -2.44. The average Bonchev–Trinajstić information content (AvgIpc) is 3.29. The lowest BCUT2D eigenvalue weighted by atomic mass is 9.77. The second kappa shape index (κ2) is 14.0. The van der Waals surface area contributed by atoms with Crippen LogP contribution in [0.25, 0.3) is 0 Å². The molecule has 1 heterocycles. The van der Waals surface area contributed by atoms with Crippen LogP contribution < -0.4 is 10.5 Å².